The molecule has 0 unspecified atom stereocenters. The smallest absolute Gasteiger partial charge is 0.270 e. The first kappa shape index (κ1) is 18.5. The van der Waals surface area contributed by atoms with Crippen molar-refractivity contribution in [2.45, 2.75) is 44.7 Å². The molecule has 1 aromatic carbocycles. The molecule has 1 aromatic heterocycles. The topological polar surface area (TPSA) is 62.5 Å². The Morgan fingerprint density at radius 1 is 1.15 bits per heavy atom. The molecule has 1 saturated heterocycles. The zero-order valence-electron chi connectivity index (χ0n) is 15.5. The molecule has 2 fully saturated rings. The molecule has 2 aromatic rings. The van der Waals surface area contributed by atoms with Crippen LogP contribution in [0.5, 0.6) is 0 Å². The molecule has 4 rings (SSSR count). The van der Waals surface area contributed by atoms with Gasteiger partial charge in [0.05, 0.1) is 10.6 Å². The highest BCUT2D eigenvalue weighted by Gasteiger charge is 2.25. The lowest BCUT2D eigenvalue weighted by Crippen LogP contribution is -2.50. The molecule has 144 valence electrons. The van der Waals surface area contributed by atoms with Crippen molar-refractivity contribution in [3.8, 4) is 10.6 Å². The summed E-state index contributed by atoms with van der Waals surface area (Å²) in [6.45, 7) is 5.38. The highest BCUT2D eigenvalue weighted by molar-refractivity contribution is 7.13. The first-order chi connectivity index (χ1) is 13.2. The predicted octanol–water partition coefficient (Wildman–Crippen LogP) is 4.17. The summed E-state index contributed by atoms with van der Waals surface area (Å²) in [5.74, 6) is 0. The van der Waals surface area contributed by atoms with Gasteiger partial charge in [-0.15, -0.1) is 11.3 Å². The molecule has 0 bridgehead atoms. The van der Waals surface area contributed by atoms with Crippen molar-refractivity contribution >= 4 is 17.0 Å². The van der Waals surface area contributed by atoms with E-state index >= 15 is 0 Å². The van der Waals surface area contributed by atoms with Gasteiger partial charge in [0.1, 0.15) is 5.01 Å². The summed E-state index contributed by atoms with van der Waals surface area (Å²) in [6.07, 6.45) is 6.94. The van der Waals surface area contributed by atoms with Gasteiger partial charge in [-0.2, -0.15) is 0 Å². The van der Waals surface area contributed by atoms with Gasteiger partial charge in [-0.05, 0) is 12.8 Å². The second-order valence-electron chi connectivity index (χ2n) is 7.56. The van der Waals surface area contributed by atoms with Gasteiger partial charge in [-0.1, -0.05) is 31.4 Å². The number of rotatable bonds is 5. The van der Waals surface area contributed by atoms with Crippen LogP contribution in [-0.4, -0.2) is 51.9 Å². The Balaban J connectivity index is 1.33. The van der Waals surface area contributed by atoms with Crippen LogP contribution in [0.25, 0.3) is 10.6 Å². The number of hydrogen-bond acceptors (Lipinski definition) is 6. The highest BCUT2D eigenvalue weighted by Crippen LogP contribution is 2.28. The van der Waals surface area contributed by atoms with Crippen LogP contribution in [0.3, 0.4) is 0 Å². The highest BCUT2D eigenvalue weighted by atomic mass is 32.1. The molecular formula is C20H26N4O2S. The summed E-state index contributed by atoms with van der Waals surface area (Å²) < 4.78 is 0. The monoisotopic (exact) mass is 386 g/mol. The van der Waals surface area contributed by atoms with E-state index in [1.54, 1.807) is 23.5 Å². The number of nitrogens with zero attached hydrogens (tertiary/aromatic N) is 4. The Hall–Kier alpha value is -1.83. The van der Waals surface area contributed by atoms with Gasteiger partial charge < -0.3 is 0 Å². The Labute approximate surface area is 164 Å². The van der Waals surface area contributed by atoms with Crippen molar-refractivity contribution < 1.29 is 4.92 Å². The Morgan fingerprint density at radius 3 is 2.67 bits per heavy atom. The van der Waals surface area contributed by atoms with E-state index in [0.29, 0.717) is 0 Å². The molecule has 0 radical (unpaired) electrons. The van der Waals surface area contributed by atoms with E-state index in [1.165, 1.54) is 38.2 Å². The molecular weight excluding hydrogens is 360 g/mol. The maximum atomic E-state index is 11.0. The molecule has 0 N–H and O–H groups in total. The molecule has 6 nitrogen and oxygen atoms in total. The van der Waals surface area contributed by atoms with Crippen LogP contribution < -0.4 is 0 Å². The maximum absolute atomic E-state index is 11.0. The standard InChI is InChI=1S/C20H26N4O2S/c25-24(26)19-8-4-5-16(13-19)20-21-17(15-27-20)14-22-9-11-23(12-10-22)18-6-2-1-3-7-18/h4-5,8,13,15,18H,1-3,6-7,9-12,14H2. The van der Waals surface area contributed by atoms with Gasteiger partial charge in [-0.3, -0.25) is 19.9 Å². The van der Waals surface area contributed by atoms with Crippen molar-refractivity contribution in [2.75, 3.05) is 26.2 Å². The molecule has 1 aliphatic carbocycles. The summed E-state index contributed by atoms with van der Waals surface area (Å²) in [4.78, 5) is 20.5. The first-order valence-electron chi connectivity index (χ1n) is 9.85. The third-order valence-electron chi connectivity index (χ3n) is 5.74. The number of hydrogen-bond donors (Lipinski definition) is 0. The lowest BCUT2D eigenvalue weighted by molar-refractivity contribution is -0.384. The molecule has 0 amide bonds. The minimum Gasteiger partial charge on any atom is -0.298 e. The molecule has 1 aliphatic heterocycles. The lowest BCUT2D eigenvalue weighted by atomic mass is 9.94. The van der Waals surface area contributed by atoms with Crippen molar-refractivity contribution in [3.05, 3.63) is 45.5 Å². The van der Waals surface area contributed by atoms with E-state index in [2.05, 4.69) is 15.2 Å². The summed E-state index contributed by atoms with van der Waals surface area (Å²) in [5.41, 5.74) is 2.00. The minimum absolute atomic E-state index is 0.114. The van der Waals surface area contributed by atoms with Gasteiger partial charge in [0.25, 0.3) is 5.69 Å². The van der Waals surface area contributed by atoms with Crippen LogP contribution in [0.4, 0.5) is 5.69 Å². The largest absolute Gasteiger partial charge is 0.298 e. The van der Waals surface area contributed by atoms with Crippen LogP contribution in [0, 0.1) is 10.1 Å². The predicted molar refractivity (Wildman–Crippen MR) is 108 cm³/mol. The molecule has 1 saturated carbocycles. The van der Waals surface area contributed by atoms with Gasteiger partial charge >= 0.3 is 0 Å². The average molecular weight is 387 g/mol. The average Bonchev–Trinajstić information content (AvgIpc) is 3.18. The second-order valence-corrected chi connectivity index (χ2v) is 8.41. The van der Waals surface area contributed by atoms with Crippen molar-refractivity contribution in [3.63, 3.8) is 0 Å². The minimum atomic E-state index is -0.357. The summed E-state index contributed by atoms with van der Waals surface area (Å²) in [5, 5.41) is 13.9. The van der Waals surface area contributed by atoms with Crippen molar-refractivity contribution in [1.82, 2.24) is 14.8 Å². The maximum Gasteiger partial charge on any atom is 0.270 e. The summed E-state index contributed by atoms with van der Waals surface area (Å²) in [6, 6.07) is 7.54. The molecule has 2 heterocycles. The number of aromatic nitrogens is 1. The number of non-ortho nitro benzene ring substituents is 1. The van der Waals surface area contributed by atoms with E-state index in [9.17, 15) is 10.1 Å². The Morgan fingerprint density at radius 2 is 1.93 bits per heavy atom. The normalized spacial score (nSPS) is 20.0. The fourth-order valence-corrected chi connectivity index (χ4v) is 5.03. The fourth-order valence-electron chi connectivity index (χ4n) is 4.23. The first-order valence-corrected chi connectivity index (χ1v) is 10.7. The van der Waals surface area contributed by atoms with Crippen LogP contribution in [0.1, 0.15) is 37.8 Å². The molecule has 2 aliphatic rings. The SMILES string of the molecule is O=[N+]([O-])c1cccc(-c2nc(CN3CCN(C4CCCCC4)CC3)cs2)c1. The Kier molecular flexibility index (Phi) is 5.80. The van der Waals surface area contributed by atoms with E-state index in [4.69, 9.17) is 4.98 Å². The van der Waals surface area contributed by atoms with Crippen molar-refractivity contribution in [2.24, 2.45) is 0 Å². The Bertz CT molecular complexity index is 780. The van der Waals surface area contributed by atoms with Gasteiger partial charge in [0.2, 0.25) is 0 Å². The van der Waals surface area contributed by atoms with Crippen molar-refractivity contribution in [1.29, 1.82) is 0 Å². The van der Waals surface area contributed by atoms with Gasteiger partial charge in [-0.25, -0.2) is 4.98 Å². The molecule has 0 spiro atoms. The zero-order chi connectivity index (χ0) is 18.6. The number of benzene rings is 1. The van der Waals surface area contributed by atoms with Crippen LogP contribution in [0.2, 0.25) is 0 Å². The zero-order valence-corrected chi connectivity index (χ0v) is 16.4. The molecule has 7 heteroatoms. The van der Waals surface area contributed by atoms with E-state index in [0.717, 1.165) is 55.0 Å². The second kappa shape index (κ2) is 8.46. The van der Waals surface area contributed by atoms with Gasteiger partial charge in [0, 0.05) is 61.8 Å². The van der Waals surface area contributed by atoms with Gasteiger partial charge in [0.15, 0.2) is 0 Å². The number of piperazine rings is 1. The van der Waals surface area contributed by atoms with E-state index in [-0.39, 0.29) is 10.6 Å². The van der Waals surface area contributed by atoms with Crippen LogP contribution in [-0.2, 0) is 6.54 Å². The van der Waals surface area contributed by atoms with Crippen LogP contribution in [0.15, 0.2) is 29.6 Å². The third-order valence-corrected chi connectivity index (χ3v) is 6.68. The molecule has 27 heavy (non-hydrogen) atoms. The molecule has 0 atom stereocenters. The van der Waals surface area contributed by atoms with Crippen LogP contribution >= 0.6 is 11.3 Å². The number of nitro benzene ring substituents is 1. The fraction of sp³-hybridized carbons (Fsp3) is 0.550. The summed E-state index contributed by atoms with van der Waals surface area (Å²) >= 11 is 1.56. The third kappa shape index (κ3) is 4.54. The summed E-state index contributed by atoms with van der Waals surface area (Å²) in [7, 11) is 0. The quantitative estimate of drug-likeness (QED) is 0.570. The number of thiazole rings is 1. The van der Waals surface area contributed by atoms with E-state index in [1.807, 2.05) is 6.07 Å². The lowest BCUT2D eigenvalue weighted by Gasteiger charge is -2.40. The van der Waals surface area contributed by atoms with E-state index < -0.39 is 0 Å². The number of nitro groups is 1.